The molecule has 0 heterocycles. The van der Waals surface area contributed by atoms with Crippen LogP contribution in [0.5, 0.6) is 5.75 Å². The quantitative estimate of drug-likeness (QED) is 0.579. The molecular weight excluding hydrogens is 222 g/mol. The van der Waals surface area contributed by atoms with E-state index in [2.05, 4.69) is 0 Å². The number of nitro benzene ring substituents is 1. The average molecular weight is 235 g/mol. The van der Waals surface area contributed by atoms with Crippen LogP contribution >= 0.6 is 0 Å². The van der Waals surface area contributed by atoms with Gasteiger partial charge in [-0.25, -0.2) is 0 Å². The Morgan fingerprint density at radius 2 is 2.24 bits per heavy atom. The number of hydrogen-bond acceptors (Lipinski definition) is 4. The van der Waals surface area contributed by atoms with Crippen LogP contribution in [0.25, 0.3) is 0 Å². The standard InChI is InChI=1S/C12H13NO4/c1-8-6-10(13(15)16)4-5-12(8)17-7-11(14)9-2-3-9/h4-6,9H,2-3,7H2,1H3. The van der Waals surface area contributed by atoms with E-state index in [-0.39, 0.29) is 24.0 Å². The molecule has 1 aromatic rings. The first-order valence-electron chi connectivity index (χ1n) is 5.48. The predicted molar refractivity (Wildman–Crippen MR) is 61.1 cm³/mol. The second kappa shape index (κ2) is 4.53. The van der Waals surface area contributed by atoms with E-state index in [4.69, 9.17) is 4.74 Å². The van der Waals surface area contributed by atoms with E-state index >= 15 is 0 Å². The van der Waals surface area contributed by atoms with Crippen LogP contribution < -0.4 is 4.74 Å². The molecule has 90 valence electrons. The molecule has 0 bridgehead atoms. The van der Waals surface area contributed by atoms with Crippen LogP contribution in [0.4, 0.5) is 5.69 Å². The Hall–Kier alpha value is -1.91. The van der Waals surface area contributed by atoms with Crippen molar-refractivity contribution >= 4 is 11.5 Å². The van der Waals surface area contributed by atoms with Gasteiger partial charge < -0.3 is 4.74 Å². The van der Waals surface area contributed by atoms with Gasteiger partial charge in [-0.05, 0) is 31.4 Å². The van der Waals surface area contributed by atoms with E-state index in [1.165, 1.54) is 18.2 Å². The number of carbonyl (C=O) groups is 1. The average Bonchev–Trinajstić information content (AvgIpc) is 3.10. The number of hydrogen-bond donors (Lipinski definition) is 0. The van der Waals surface area contributed by atoms with Crippen LogP contribution in [0.1, 0.15) is 18.4 Å². The normalized spacial score (nSPS) is 14.4. The molecule has 0 radical (unpaired) electrons. The van der Waals surface area contributed by atoms with Gasteiger partial charge in [-0.1, -0.05) is 0 Å². The molecule has 17 heavy (non-hydrogen) atoms. The lowest BCUT2D eigenvalue weighted by atomic mass is 10.2. The summed E-state index contributed by atoms with van der Waals surface area (Å²) in [6, 6.07) is 4.36. The molecule has 5 nitrogen and oxygen atoms in total. The topological polar surface area (TPSA) is 69.4 Å². The summed E-state index contributed by atoms with van der Waals surface area (Å²) < 4.78 is 5.36. The zero-order valence-corrected chi connectivity index (χ0v) is 9.51. The van der Waals surface area contributed by atoms with Crippen molar-refractivity contribution in [2.24, 2.45) is 5.92 Å². The van der Waals surface area contributed by atoms with Crippen molar-refractivity contribution in [1.82, 2.24) is 0 Å². The number of aryl methyl sites for hydroxylation is 1. The number of ether oxygens (including phenoxy) is 1. The highest BCUT2D eigenvalue weighted by molar-refractivity contribution is 5.84. The third kappa shape index (κ3) is 2.81. The second-order valence-corrected chi connectivity index (χ2v) is 4.24. The fourth-order valence-electron chi connectivity index (χ4n) is 1.58. The van der Waals surface area contributed by atoms with Crippen molar-refractivity contribution < 1.29 is 14.5 Å². The number of nitrogens with zero attached hydrogens (tertiary/aromatic N) is 1. The first-order chi connectivity index (χ1) is 8.08. The number of benzene rings is 1. The van der Waals surface area contributed by atoms with Gasteiger partial charge >= 0.3 is 0 Å². The fourth-order valence-corrected chi connectivity index (χ4v) is 1.58. The van der Waals surface area contributed by atoms with Gasteiger partial charge in [-0.2, -0.15) is 0 Å². The largest absolute Gasteiger partial charge is 0.486 e. The van der Waals surface area contributed by atoms with Gasteiger partial charge in [-0.3, -0.25) is 14.9 Å². The summed E-state index contributed by atoms with van der Waals surface area (Å²) in [5.74, 6) is 0.820. The maximum absolute atomic E-state index is 11.4. The van der Waals surface area contributed by atoms with Gasteiger partial charge in [0.2, 0.25) is 0 Å². The fraction of sp³-hybridized carbons (Fsp3) is 0.417. The molecule has 1 saturated carbocycles. The Balaban J connectivity index is 2.00. The molecule has 1 fully saturated rings. The summed E-state index contributed by atoms with van der Waals surface area (Å²) in [6.45, 7) is 1.78. The Morgan fingerprint density at radius 3 is 2.76 bits per heavy atom. The predicted octanol–water partition coefficient (Wildman–Crippen LogP) is 2.26. The summed E-state index contributed by atoms with van der Waals surface area (Å²) in [4.78, 5) is 21.5. The summed E-state index contributed by atoms with van der Waals surface area (Å²) in [7, 11) is 0. The van der Waals surface area contributed by atoms with Gasteiger partial charge in [-0.15, -0.1) is 0 Å². The van der Waals surface area contributed by atoms with Crippen molar-refractivity contribution in [3.05, 3.63) is 33.9 Å². The number of nitro groups is 1. The van der Waals surface area contributed by atoms with E-state index in [1.807, 2.05) is 0 Å². The SMILES string of the molecule is Cc1cc([N+](=O)[O-])ccc1OCC(=O)C1CC1. The van der Waals surface area contributed by atoms with E-state index in [1.54, 1.807) is 6.92 Å². The molecular formula is C12H13NO4. The molecule has 2 rings (SSSR count). The molecule has 0 aliphatic heterocycles. The number of non-ortho nitro benzene ring substituents is 1. The molecule has 0 spiro atoms. The number of ketones is 1. The van der Waals surface area contributed by atoms with Crippen molar-refractivity contribution in [2.75, 3.05) is 6.61 Å². The first-order valence-corrected chi connectivity index (χ1v) is 5.48. The van der Waals surface area contributed by atoms with Crippen molar-refractivity contribution in [2.45, 2.75) is 19.8 Å². The Labute approximate surface area is 98.5 Å². The van der Waals surface area contributed by atoms with E-state index in [9.17, 15) is 14.9 Å². The highest BCUT2D eigenvalue weighted by Gasteiger charge is 2.29. The van der Waals surface area contributed by atoms with Gasteiger partial charge in [0.05, 0.1) is 4.92 Å². The third-order valence-corrected chi connectivity index (χ3v) is 2.77. The van der Waals surface area contributed by atoms with Crippen molar-refractivity contribution in [3.8, 4) is 5.75 Å². The van der Waals surface area contributed by atoms with Crippen LogP contribution in [-0.2, 0) is 4.79 Å². The lowest BCUT2D eigenvalue weighted by Crippen LogP contribution is -2.13. The molecule has 0 unspecified atom stereocenters. The van der Waals surface area contributed by atoms with Crippen LogP contribution in [0.15, 0.2) is 18.2 Å². The Bertz CT molecular complexity index is 466. The minimum absolute atomic E-state index is 0.0309. The molecule has 1 aliphatic rings. The maximum atomic E-state index is 11.4. The van der Waals surface area contributed by atoms with Crippen molar-refractivity contribution in [1.29, 1.82) is 0 Å². The highest BCUT2D eigenvalue weighted by atomic mass is 16.6. The third-order valence-electron chi connectivity index (χ3n) is 2.77. The van der Waals surface area contributed by atoms with Crippen LogP contribution in [0.3, 0.4) is 0 Å². The Kier molecular flexibility index (Phi) is 3.08. The zero-order chi connectivity index (χ0) is 12.4. The summed E-state index contributed by atoms with van der Waals surface area (Å²) >= 11 is 0. The summed E-state index contributed by atoms with van der Waals surface area (Å²) in [5, 5.41) is 10.5. The molecule has 0 amide bonds. The van der Waals surface area contributed by atoms with Gasteiger partial charge in [0.25, 0.3) is 5.69 Å². The Morgan fingerprint density at radius 1 is 1.53 bits per heavy atom. The van der Waals surface area contributed by atoms with E-state index in [0.29, 0.717) is 11.3 Å². The van der Waals surface area contributed by atoms with Crippen LogP contribution in [0.2, 0.25) is 0 Å². The van der Waals surface area contributed by atoms with Crippen LogP contribution in [0, 0.1) is 23.0 Å². The van der Waals surface area contributed by atoms with Gasteiger partial charge in [0, 0.05) is 18.1 Å². The lowest BCUT2D eigenvalue weighted by molar-refractivity contribution is -0.384. The number of carbonyl (C=O) groups excluding carboxylic acids is 1. The molecule has 0 atom stereocenters. The zero-order valence-electron chi connectivity index (χ0n) is 9.51. The minimum Gasteiger partial charge on any atom is -0.486 e. The molecule has 1 aliphatic carbocycles. The highest BCUT2D eigenvalue weighted by Crippen LogP contribution is 2.30. The van der Waals surface area contributed by atoms with Gasteiger partial charge in [0.1, 0.15) is 12.4 Å². The smallest absolute Gasteiger partial charge is 0.269 e. The molecule has 0 N–H and O–H groups in total. The maximum Gasteiger partial charge on any atom is 0.269 e. The van der Waals surface area contributed by atoms with Crippen molar-refractivity contribution in [3.63, 3.8) is 0 Å². The first kappa shape index (κ1) is 11.6. The van der Waals surface area contributed by atoms with E-state index < -0.39 is 4.92 Å². The molecule has 0 aromatic heterocycles. The lowest BCUT2D eigenvalue weighted by Gasteiger charge is -2.07. The number of Topliss-reactive ketones (excluding diaryl/α,β-unsaturated/α-hetero) is 1. The summed E-state index contributed by atoms with van der Waals surface area (Å²) in [5.41, 5.74) is 0.700. The van der Waals surface area contributed by atoms with E-state index in [0.717, 1.165) is 12.8 Å². The number of rotatable bonds is 5. The van der Waals surface area contributed by atoms with Gasteiger partial charge in [0.15, 0.2) is 5.78 Å². The van der Waals surface area contributed by atoms with Crippen LogP contribution in [-0.4, -0.2) is 17.3 Å². The molecule has 0 saturated heterocycles. The summed E-state index contributed by atoms with van der Waals surface area (Å²) in [6.07, 6.45) is 1.92. The second-order valence-electron chi connectivity index (χ2n) is 4.24. The monoisotopic (exact) mass is 235 g/mol. The molecule has 1 aromatic carbocycles. The molecule has 5 heteroatoms. The minimum atomic E-state index is -0.452.